The number of non-ortho nitro benzene ring substituents is 1. The molecule has 0 unspecified atom stereocenters. The molecule has 0 radical (unpaired) electrons. The van der Waals surface area contributed by atoms with Crippen molar-refractivity contribution in [3.05, 3.63) is 34.4 Å². The number of nitro benzene ring substituents is 1. The van der Waals surface area contributed by atoms with Crippen LogP contribution in [0.25, 0.3) is 0 Å². The lowest BCUT2D eigenvalue weighted by Gasteiger charge is -2.00. The van der Waals surface area contributed by atoms with Gasteiger partial charge in [-0.1, -0.05) is 0 Å². The smallest absolute Gasteiger partial charge is 0.258 e. The maximum Gasteiger partial charge on any atom is 0.299 e. The fraction of sp³-hybridized carbons (Fsp3) is 0.143. The van der Waals surface area contributed by atoms with Crippen LogP contribution in [0.4, 0.5) is 10.1 Å². The highest BCUT2D eigenvalue weighted by molar-refractivity contribution is 7.86. The van der Waals surface area contributed by atoms with Crippen molar-refractivity contribution in [2.45, 2.75) is 4.90 Å². The van der Waals surface area contributed by atoms with Crippen LogP contribution in [0.3, 0.4) is 0 Å². The van der Waals surface area contributed by atoms with Gasteiger partial charge in [-0.2, -0.15) is 8.42 Å². The lowest BCUT2D eigenvalue weighted by molar-refractivity contribution is -0.384. The third kappa shape index (κ3) is 2.70. The second kappa shape index (κ2) is 4.32. The number of alkyl halides is 1. The van der Waals surface area contributed by atoms with E-state index >= 15 is 0 Å². The summed E-state index contributed by atoms with van der Waals surface area (Å²) in [6, 6.07) is 3.94. The van der Waals surface area contributed by atoms with Crippen LogP contribution < -0.4 is 0 Å². The van der Waals surface area contributed by atoms with Crippen LogP contribution in [-0.4, -0.2) is 20.2 Å². The molecular weight excluding hydrogens is 229 g/mol. The molecule has 0 aliphatic rings. The molecule has 0 fully saturated rings. The Morgan fingerprint density at radius 1 is 1.33 bits per heavy atom. The summed E-state index contributed by atoms with van der Waals surface area (Å²) in [5, 5.41) is 10.3. The van der Waals surface area contributed by atoms with Crippen LogP contribution in [0.15, 0.2) is 29.2 Å². The van der Waals surface area contributed by atoms with E-state index in [-0.39, 0.29) is 10.6 Å². The predicted molar refractivity (Wildman–Crippen MR) is 47.3 cm³/mol. The van der Waals surface area contributed by atoms with E-state index in [4.69, 9.17) is 0 Å². The Balaban J connectivity index is 3.04. The Hall–Kier alpha value is -1.54. The molecule has 0 aliphatic carbocycles. The molecule has 0 aromatic heterocycles. The van der Waals surface area contributed by atoms with Gasteiger partial charge in [-0.15, -0.1) is 0 Å². The first-order valence-electron chi connectivity index (χ1n) is 3.67. The second-order valence-corrected chi connectivity index (χ2v) is 4.05. The summed E-state index contributed by atoms with van der Waals surface area (Å²) in [5.41, 5.74) is -0.255. The third-order valence-corrected chi connectivity index (χ3v) is 2.78. The van der Waals surface area contributed by atoms with Gasteiger partial charge in [0.1, 0.15) is 0 Å². The molecule has 0 N–H and O–H groups in total. The number of hydrogen-bond donors (Lipinski definition) is 0. The van der Waals surface area contributed by atoms with Crippen molar-refractivity contribution in [1.82, 2.24) is 0 Å². The normalized spacial score (nSPS) is 11.3. The van der Waals surface area contributed by atoms with Gasteiger partial charge in [-0.3, -0.25) is 10.1 Å². The van der Waals surface area contributed by atoms with Crippen molar-refractivity contribution in [3.63, 3.8) is 0 Å². The summed E-state index contributed by atoms with van der Waals surface area (Å²) >= 11 is 0. The first-order valence-corrected chi connectivity index (χ1v) is 5.08. The predicted octanol–water partition coefficient (Wildman–Crippen LogP) is 1.23. The van der Waals surface area contributed by atoms with E-state index in [1.807, 2.05) is 0 Å². The zero-order valence-corrected chi connectivity index (χ0v) is 8.11. The molecule has 6 nitrogen and oxygen atoms in total. The quantitative estimate of drug-likeness (QED) is 0.445. The molecule has 0 atom stereocenters. The molecule has 0 amide bonds. The average molecular weight is 235 g/mol. The highest BCUT2D eigenvalue weighted by Crippen LogP contribution is 2.17. The minimum Gasteiger partial charge on any atom is -0.258 e. The van der Waals surface area contributed by atoms with Crippen molar-refractivity contribution >= 4 is 15.8 Å². The van der Waals surface area contributed by atoms with Crippen molar-refractivity contribution in [1.29, 1.82) is 0 Å². The molecule has 82 valence electrons. The topological polar surface area (TPSA) is 86.5 Å². The van der Waals surface area contributed by atoms with Gasteiger partial charge in [-0.25, -0.2) is 8.57 Å². The second-order valence-electron chi connectivity index (χ2n) is 2.43. The first-order chi connectivity index (χ1) is 6.97. The van der Waals surface area contributed by atoms with Gasteiger partial charge in [0.15, 0.2) is 0 Å². The molecular formula is C7H6FNO5S. The molecule has 15 heavy (non-hydrogen) atoms. The average Bonchev–Trinajstić information content (AvgIpc) is 2.18. The summed E-state index contributed by atoms with van der Waals surface area (Å²) < 4.78 is 37.7. The van der Waals surface area contributed by atoms with Crippen LogP contribution in [-0.2, 0) is 14.3 Å². The third-order valence-electron chi connectivity index (χ3n) is 1.54. The molecule has 0 heterocycles. The zero-order chi connectivity index (χ0) is 11.5. The van der Waals surface area contributed by atoms with Gasteiger partial charge < -0.3 is 0 Å². The largest absolute Gasteiger partial charge is 0.299 e. The number of hydrogen-bond acceptors (Lipinski definition) is 5. The van der Waals surface area contributed by atoms with Crippen molar-refractivity contribution in [2.24, 2.45) is 0 Å². The number of halogens is 1. The number of rotatable bonds is 4. The van der Waals surface area contributed by atoms with Crippen LogP contribution >= 0.6 is 0 Å². The highest BCUT2D eigenvalue weighted by atomic mass is 32.2. The summed E-state index contributed by atoms with van der Waals surface area (Å²) in [4.78, 5) is 9.25. The van der Waals surface area contributed by atoms with Gasteiger partial charge in [0, 0.05) is 12.1 Å². The molecule has 1 aromatic rings. The van der Waals surface area contributed by atoms with Gasteiger partial charge in [0.25, 0.3) is 15.8 Å². The molecule has 0 bridgehead atoms. The molecule has 0 saturated heterocycles. The Morgan fingerprint density at radius 2 is 1.87 bits per heavy atom. The van der Waals surface area contributed by atoms with Gasteiger partial charge in [0.05, 0.1) is 9.82 Å². The van der Waals surface area contributed by atoms with E-state index in [1.165, 1.54) is 0 Å². The van der Waals surface area contributed by atoms with Crippen LogP contribution in [0, 0.1) is 10.1 Å². The summed E-state index contributed by atoms with van der Waals surface area (Å²) in [7, 11) is -4.15. The minimum absolute atomic E-state index is 0.255. The van der Waals surface area contributed by atoms with Crippen molar-refractivity contribution < 1.29 is 21.9 Å². The maximum atomic E-state index is 11.7. The van der Waals surface area contributed by atoms with Gasteiger partial charge in [-0.05, 0) is 12.1 Å². The Morgan fingerprint density at radius 3 is 2.27 bits per heavy atom. The SMILES string of the molecule is O=[N+]([O-])c1ccc(S(=O)(=O)OCF)cc1. The molecule has 1 aromatic carbocycles. The lowest BCUT2D eigenvalue weighted by Crippen LogP contribution is -2.05. The Bertz CT molecular complexity index is 455. The first kappa shape index (κ1) is 11.5. The van der Waals surface area contributed by atoms with E-state index in [1.54, 1.807) is 0 Å². The van der Waals surface area contributed by atoms with Crippen molar-refractivity contribution in [3.8, 4) is 0 Å². The van der Waals surface area contributed by atoms with E-state index in [0.717, 1.165) is 24.3 Å². The highest BCUT2D eigenvalue weighted by Gasteiger charge is 2.16. The zero-order valence-electron chi connectivity index (χ0n) is 7.29. The Kier molecular flexibility index (Phi) is 3.32. The summed E-state index contributed by atoms with van der Waals surface area (Å²) in [6.07, 6.45) is 0. The molecule has 8 heteroatoms. The summed E-state index contributed by atoms with van der Waals surface area (Å²) in [5.74, 6) is 0. The van der Waals surface area contributed by atoms with E-state index in [9.17, 15) is 22.9 Å². The van der Waals surface area contributed by atoms with E-state index in [0.29, 0.717) is 0 Å². The monoisotopic (exact) mass is 235 g/mol. The Labute approximate surface area is 84.6 Å². The van der Waals surface area contributed by atoms with Gasteiger partial charge >= 0.3 is 0 Å². The molecule has 0 aliphatic heterocycles. The fourth-order valence-electron chi connectivity index (χ4n) is 0.861. The summed E-state index contributed by atoms with van der Waals surface area (Å²) in [6.45, 7) is -1.47. The minimum atomic E-state index is -4.15. The molecule has 1 rings (SSSR count). The number of benzene rings is 1. The van der Waals surface area contributed by atoms with E-state index < -0.39 is 21.9 Å². The van der Waals surface area contributed by atoms with Gasteiger partial charge in [0.2, 0.25) is 6.86 Å². The molecule has 0 saturated carbocycles. The fourth-order valence-corrected chi connectivity index (χ4v) is 1.58. The number of nitro groups is 1. The molecule has 0 spiro atoms. The van der Waals surface area contributed by atoms with E-state index in [2.05, 4.69) is 4.18 Å². The maximum absolute atomic E-state index is 11.7. The lowest BCUT2D eigenvalue weighted by atomic mass is 10.3. The van der Waals surface area contributed by atoms with Crippen molar-refractivity contribution in [2.75, 3.05) is 6.86 Å². The standard InChI is InChI=1S/C7H6FNO5S/c8-5-14-15(12,13)7-3-1-6(2-4-7)9(10)11/h1-4H,5H2. The van der Waals surface area contributed by atoms with Crippen LogP contribution in [0.5, 0.6) is 0 Å². The van der Waals surface area contributed by atoms with Crippen LogP contribution in [0.2, 0.25) is 0 Å². The number of nitrogens with zero attached hydrogens (tertiary/aromatic N) is 1. The van der Waals surface area contributed by atoms with Crippen LogP contribution in [0.1, 0.15) is 0 Å².